The molecule has 0 aliphatic carbocycles. The van der Waals surface area contributed by atoms with E-state index in [0.717, 1.165) is 6.07 Å². The van der Waals surface area contributed by atoms with E-state index in [4.69, 9.17) is 10.4 Å². The molecule has 0 spiro atoms. The average molecular weight is 256 g/mol. The molecule has 0 fully saturated rings. The summed E-state index contributed by atoms with van der Waals surface area (Å²) >= 11 is 3.09. The fourth-order valence-electron chi connectivity index (χ4n) is 1.10. The molecule has 0 saturated heterocycles. The lowest BCUT2D eigenvalue weighted by molar-refractivity contribution is 0.0693. The highest BCUT2D eigenvalue weighted by atomic mass is 79.9. The quantitative estimate of drug-likeness (QED) is 0.791. The molecule has 14 heavy (non-hydrogen) atoms. The summed E-state index contributed by atoms with van der Waals surface area (Å²) < 4.78 is 0. The number of hydrogen-bond donors (Lipinski definition) is 2. The van der Waals surface area contributed by atoms with Gasteiger partial charge in [-0.15, -0.1) is 0 Å². The molecule has 0 aromatic heterocycles. The number of alkyl halides is 1. The molecule has 4 nitrogen and oxygen atoms in total. The SMILES string of the molecule is N#Cc1cc(O)c(C(=O)O)c(CBr)c1. The van der Waals surface area contributed by atoms with Crippen LogP contribution in [-0.4, -0.2) is 16.2 Å². The maximum absolute atomic E-state index is 10.7. The Labute approximate surface area is 88.5 Å². The van der Waals surface area contributed by atoms with Gasteiger partial charge in [-0.25, -0.2) is 4.79 Å². The minimum atomic E-state index is -1.21. The van der Waals surface area contributed by atoms with Crippen LogP contribution in [0.5, 0.6) is 5.75 Å². The van der Waals surface area contributed by atoms with Crippen molar-refractivity contribution in [1.82, 2.24) is 0 Å². The molecule has 5 heteroatoms. The van der Waals surface area contributed by atoms with Crippen molar-refractivity contribution in [3.63, 3.8) is 0 Å². The number of carbonyl (C=O) groups is 1. The molecular formula is C9H6BrNO3. The number of hydrogen-bond acceptors (Lipinski definition) is 3. The van der Waals surface area contributed by atoms with Gasteiger partial charge in [-0.05, 0) is 17.7 Å². The van der Waals surface area contributed by atoms with Gasteiger partial charge in [0, 0.05) is 5.33 Å². The monoisotopic (exact) mass is 255 g/mol. The summed E-state index contributed by atoms with van der Waals surface area (Å²) in [6.07, 6.45) is 0. The van der Waals surface area contributed by atoms with Crippen LogP contribution in [0, 0.1) is 11.3 Å². The van der Waals surface area contributed by atoms with Crippen molar-refractivity contribution < 1.29 is 15.0 Å². The molecule has 1 rings (SSSR count). The highest BCUT2D eigenvalue weighted by Crippen LogP contribution is 2.25. The standard InChI is InChI=1S/C9H6BrNO3/c10-3-6-1-5(4-11)2-7(12)8(6)9(13)14/h1-2,12H,3H2,(H,13,14). The normalized spacial score (nSPS) is 9.43. The second kappa shape index (κ2) is 4.11. The summed E-state index contributed by atoms with van der Waals surface area (Å²) in [7, 11) is 0. The molecule has 0 amide bonds. The molecule has 0 radical (unpaired) electrons. The largest absolute Gasteiger partial charge is 0.507 e. The summed E-state index contributed by atoms with van der Waals surface area (Å²) in [6, 6.07) is 4.40. The number of nitriles is 1. The highest BCUT2D eigenvalue weighted by Gasteiger charge is 2.15. The summed E-state index contributed by atoms with van der Waals surface area (Å²) in [6.45, 7) is 0. The van der Waals surface area contributed by atoms with Gasteiger partial charge in [-0.3, -0.25) is 0 Å². The number of benzene rings is 1. The van der Waals surface area contributed by atoms with Crippen LogP contribution >= 0.6 is 15.9 Å². The van der Waals surface area contributed by atoms with E-state index in [1.165, 1.54) is 6.07 Å². The minimum absolute atomic E-state index is 0.166. The van der Waals surface area contributed by atoms with Crippen molar-refractivity contribution in [1.29, 1.82) is 5.26 Å². The third-order valence-electron chi connectivity index (χ3n) is 1.69. The third kappa shape index (κ3) is 1.86. The van der Waals surface area contributed by atoms with Gasteiger partial charge in [0.05, 0.1) is 11.6 Å². The first kappa shape index (κ1) is 10.5. The van der Waals surface area contributed by atoms with Gasteiger partial charge < -0.3 is 10.2 Å². The Morgan fingerprint density at radius 3 is 2.64 bits per heavy atom. The Morgan fingerprint density at radius 2 is 2.21 bits per heavy atom. The number of aromatic carboxylic acids is 1. The number of phenols is 1. The van der Waals surface area contributed by atoms with Gasteiger partial charge in [0.15, 0.2) is 0 Å². The Bertz CT molecular complexity index is 423. The molecule has 0 saturated carbocycles. The first-order chi connectivity index (χ1) is 6.60. The van der Waals surface area contributed by atoms with Crippen molar-refractivity contribution in [3.05, 3.63) is 28.8 Å². The van der Waals surface area contributed by atoms with Crippen molar-refractivity contribution in [2.75, 3.05) is 0 Å². The van der Waals surface area contributed by atoms with E-state index in [2.05, 4.69) is 15.9 Å². The molecule has 1 aromatic rings. The van der Waals surface area contributed by atoms with Gasteiger partial charge in [-0.2, -0.15) is 5.26 Å². The van der Waals surface area contributed by atoms with Gasteiger partial charge in [0.2, 0.25) is 0 Å². The van der Waals surface area contributed by atoms with Crippen LogP contribution in [0.3, 0.4) is 0 Å². The minimum Gasteiger partial charge on any atom is -0.507 e. The topological polar surface area (TPSA) is 81.3 Å². The van der Waals surface area contributed by atoms with Crippen LogP contribution in [0.4, 0.5) is 0 Å². The number of aromatic hydroxyl groups is 1. The van der Waals surface area contributed by atoms with Gasteiger partial charge in [0.1, 0.15) is 11.3 Å². The number of nitrogens with zero attached hydrogens (tertiary/aromatic N) is 1. The zero-order chi connectivity index (χ0) is 10.7. The maximum Gasteiger partial charge on any atom is 0.339 e. The first-order valence-electron chi connectivity index (χ1n) is 3.65. The molecule has 0 aliphatic heterocycles. The second-order valence-corrected chi connectivity index (χ2v) is 3.14. The second-order valence-electron chi connectivity index (χ2n) is 2.58. The predicted octanol–water partition coefficient (Wildman–Crippen LogP) is 1.86. The lowest BCUT2D eigenvalue weighted by Gasteiger charge is -2.05. The average Bonchev–Trinajstić information content (AvgIpc) is 2.15. The molecule has 72 valence electrons. The van der Waals surface area contributed by atoms with Crippen LogP contribution in [0.2, 0.25) is 0 Å². The Kier molecular flexibility index (Phi) is 3.10. The first-order valence-corrected chi connectivity index (χ1v) is 4.77. The van der Waals surface area contributed by atoms with Crippen molar-refractivity contribution in [2.45, 2.75) is 5.33 Å². The molecular weight excluding hydrogens is 250 g/mol. The van der Waals surface area contributed by atoms with Crippen LogP contribution in [0.1, 0.15) is 21.5 Å². The predicted molar refractivity (Wildman–Crippen MR) is 52.4 cm³/mol. The van der Waals surface area contributed by atoms with Crippen molar-refractivity contribution in [3.8, 4) is 11.8 Å². The third-order valence-corrected chi connectivity index (χ3v) is 2.29. The van der Waals surface area contributed by atoms with Gasteiger partial charge in [-0.1, -0.05) is 15.9 Å². The van der Waals surface area contributed by atoms with Crippen molar-refractivity contribution in [2.24, 2.45) is 0 Å². The zero-order valence-corrected chi connectivity index (χ0v) is 8.58. The van der Waals surface area contributed by atoms with E-state index in [1.54, 1.807) is 0 Å². The van der Waals surface area contributed by atoms with Crippen LogP contribution < -0.4 is 0 Å². The number of halogens is 1. The van der Waals surface area contributed by atoms with E-state index in [9.17, 15) is 9.90 Å². The lowest BCUT2D eigenvalue weighted by atomic mass is 10.0. The smallest absolute Gasteiger partial charge is 0.339 e. The van der Waals surface area contributed by atoms with Crippen LogP contribution in [-0.2, 0) is 5.33 Å². The fourth-order valence-corrected chi connectivity index (χ4v) is 1.54. The van der Waals surface area contributed by atoms with Gasteiger partial charge in [0.25, 0.3) is 0 Å². The molecule has 0 heterocycles. The number of carboxylic acids is 1. The van der Waals surface area contributed by atoms with Crippen LogP contribution in [0.15, 0.2) is 12.1 Å². The molecule has 0 unspecified atom stereocenters. The van der Waals surface area contributed by atoms with E-state index in [0.29, 0.717) is 5.56 Å². The van der Waals surface area contributed by atoms with E-state index in [1.807, 2.05) is 6.07 Å². The maximum atomic E-state index is 10.7. The van der Waals surface area contributed by atoms with Gasteiger partial charge >= 0.3 is 5.97 Å². The van der Waals surface area contributed by atoms with E-state index >= 15 is 0 Å². The Morgan fingerprint density at radius 1 is 1.57 bits per heavy atom. The van der Waals surface area contributed by atoms with Crippen LogP contribution in [0.25, 0.3) is 0 Å². The molecule has 0 aliphatic rings. The number of rotatable bonds is 2. The Hall–Kier alpha value is -1.54. The molecule has 0 bridgehead atoms. The highest BCUT2D eigenvalue weighted by molar-refractivity contribution is 9.08. The summed E-state index contributed by atoms with van der Waals surface area (Å²) in [5.74, 6) is -1.59. The number of carboxylic acid groups (broad SMARTS) is 1. The summed E-state index contributed by atoms with van der Waals surface area (Å²) in [5, 5.41) is 27.0. The molecule has 2 N–H and O–H groups in total. The fraction of sp³-hybridized carbons (Fsp3) is 0.111. The summed E-state index contributed by atoms with van der Waals surface area (Å²) in [4.78, 5) is 10.7. The van der Waals surface area contributed by atoms with E-state index < -0.39 is 5.97 Å². The zero-order valence-electron chi connectivity index (χ0n) is 6.99. The van der Waals surface area contributed by atoms with Crippen molar-refractivity contribution >= 4 is 21.9 Å². The molecule has 1 aromatic carbocycles. The summed E-state index contributed by atoms with van der Waals surface area (Å²) in [5.41, 5.74) is 0.455. The van der Waals surface area contributed by atoms with E-state index in [-0.39, 0.29) is 22.2 Å². The molecule has 0 atom stereocenters. The Balaban J connectivity index is 3.44. The lowest BCUT2D eigenvalue weighted by Crippen LogP contribution is -2.02.